The molecule has 4 rings (SSSR count). The molecule has 0 aliphatic carbocycles. The molecule has 0 saturated carbocycles. The van der Waals surface area contributed by atoms with E-state index in [9.17, 15) is 14.0 Å². The van der Waals surface area contributed by atoms with Crippen molar-refractivity contribution in [3.63, 3.8) is 0 Å². The lowest BCUT2D eigenvalue weighted by atomic mass is 10.1. The number of aromatic nitrogens is 2. The molecule has 0 spiro atoms. The lowest BCUT2D eigenvalue weighted by Crippen LogP contribution is -2.46. The Morgan fingerprint density at radius 3 is 2.70 bits per heavy atom. The van der Waals surface area contributed by atoms with Crippen molar-refractivity contribution in [2.24, 2.45) is 0 Å². The Hall–Kier alpha value is -3.30. The molecule has 1 amide bonds. The Morgan fingerprint density at radius 2 is 2.00 bits per heavy atom. The quantitative estimate of drug-likeness (QED) is 0.503. The lowest BCUT2D eigenvalue weighted by Gasteiger charge is -2.36. The molecule has 174 valence electrons. The molecule has 1 fully saturated rings. The minimum absolute atomic E-state index is 0.0289. The van der Waals surface area contributed by atoms with Crippen LogP contribution in [0.25, 0.3) is 11.0 Å². The van der Waals surface area contributed by atoms with Gasteiger partial charge in [0.25, 0.3) is 11.5 Å². The number of anilines is 1. The lowest BCUT2D eigenvalue weighted by molar-refractivity contribution is 0.0940. The van der Waals surface area contributed by atoms with Crippen LogP contribution in [-0.4, -0.2) is 65.2 Å². The molecule has 8 nitrogen and oxygen atoms in total. The van der Waals surface area contributed by atoms with Crippen LogP contribution in [0.3, 0.4) is 0 Å². The second-order valence-electron chi connectivity index (χ2n) is 8.16. The van der Waals surface area contributed by atoms with E-state index in [2.05, 4.69) is 25.1 Å². The minimum atomic E-state index is -0.576. The highest BCUT2D eigenvalue weighted by Gasteiger charge is 2.20. The summed E-state index contributed by atoms with van der Waals surface area (Å²) in [5.74, 6) is -1.11. The molecule has 1 saturated heterocycles. The van der Waals surface area contributed by atoms with Crippen molar-refractivity contribution in [2.75, 3.05) is 44.2 Å². The van der Waals surface area contributed by atoms with Crippen LogP contribution in [0, 0.1) is 5.82 Å². The van der Waals surface area contributed by atoms with E-state index in [1.807, 2.05) is 25.3 Å². The highest BCUT2D eigenvalue weighted by molar-refractivity contribution is 5.94. The second kappa shape index (κ2) is 10.1. The van der Waals surface area contributed by atoms with Crippen molar-refractivity contribution in [2.45, 2.75) is 19.9 Å². The molecule has 2 aromatic heterocycles. The number of hydrogen-bond donors (Lipinski definition) is 3. The molecule has 0 bridgehead atoms. The number of aryl methyl sites for hydroxylation is 1. The topological polar surface area (TPSA) is 102 Å². The van der Waals surface area contributed by atoms with E-state index in [-0.39, 0.29) is 24.3 Å². The van der Waals surface area contributed by atoms with E-state index in [1.165, 1.54) is 12.1 Å². The minimum Gasteiger partial charge on any atom is -0.395 e. The zero-order chi connectivity index (χ0) is 23.4. The van der Waals surface area contributed by atoms with E-state index in [4.69, 9.17) is 5.11 Å². The third kappa shape index (κ3) is 5.20. The first kappa shape index (κ1) is 22.9. The normalized spacial score (nSPS) is 14.6. The van der Waals surface area contributed by atoms with Gasteiger partial charge in [0.05, 0.1) is 23.2 Å². The number of fused-ring (bicyclic) bond motifs is 1. The van der Waals surface area contributed by atoms with Crippen LogP contribution < -0.4 is 15.8 Å². The zero-order valence-electron chi connectivity index (χ0n) is 18.6. The Morgan fingerprint density at radius 1 is 1.21 bits per heavy atom. The first-order valence-electron chi connectivity index (χ1n) is 11.1. The number of carbonyl (C=O) groups excluding carboxylic acids is 1. The van der Waals surface area contributed by atoms with Crippen molar-refractivity contribution in [3.8, 4) is 0 Å². The number of pyridine rings is 2. The van der Waals surface area contributed by atoms with Gasteiger partial charge in [-0.1, -0.05) is 6.92 Å². The fraction of sp³-hybridized carbons (Fsp3) is 0.375. The van der Waals surface area contributed by atoms with Crippen molar-refractivity contribution < 1.29 is 14.3 Å². The van der Waals surface area contributed by atoms with E-state index >= 15 is 0 Å². The predicted molar refractivity (Wildman–Crippen MR) is 125 cm³/mol. The Kier molecular flexibility index (Phi) is 7.00. The van der Waals surface area contributed by atoms with E-state index < -0.39 is 11.7 Å². The molecule has 33 heavy (non-hydrogen) atoms. The highest BCUT2D eigenvalue weighted by Crippen LogP contribution is 2.21. The SMILES string of the molecule is CCc1cc2ncc(CN3CCN(c4ccc(C(=O)NCCO)c(F)c4)CC3)cc2[nH]c1=O. The second-order valence-corrected chi connectivity index (χ2v) is 8.16. The van der Waals surface area contributed by atoms with Gasteiger partial charge in [-0.3, -0.25) is 19.5 Å². The summed E-state index contributed by atoms with van der Waals surface area (Å²) in [7, 11) is 0. The van der Waals surface area contributed by atoms with Gasteiger partial charge in [0.15, 0.2) is 0 Å². The van der Waals surface area contributed by atoms with Gasteiger partial charge in [-0.2, -0.15) is 0 Å². The highest BCUT2D eigenvalue weighted by atomic mass is 19.1. The summed E-state index contributed by atoms with van der Waals surface area (Å²) >= 11 is 0. The van der Waals surface area contributed by atoms with Crippen LogP contribution in [0.2, 0.25) is 0 Å². The van der Waals surface area contributed by atoms with Gasteiger partial charge in [-0.25, -0.2) is 4.39 Å². The largest absolute Gasteiger partial charge is 0.395 e. The molecule has 9 heteroatoms. The van der Waals surface area contributed by atoms with Gasteiger partial charge in [0, 0.05) is 56.7 Å². The molecule has 1 aromatic carbocycles. The fourth-order valence-electron chi connectivity index (χ4n) is 4.09. The first-order chi connectivity index (χ1) is 16.0. The summed E-state index contributed by atoms with van der Waals surface area (Å²) in [6, 6.07) is 8.44. The number of nitrogens with one attached hydrogen (secondary N) is 2. The third-order valence-corrected chi connectivity index (χ3v) is 5.95. The average Bonchev–Trinajstić information content (AvgIpc) is 2.82. The zero-order valence-corrected chi connectivity index (χ0v) is 18.6. The van der Waals surface area contributed by atoms with Crippen LogP contribution in [0.5, 0.6) is 0 Å². The third-order valence-electron chi connectivity index (χ3n) is 5.95. The molecule has 1 aliphatic heterocycles. The van der Waals surface area contributed by atoms with Gasteiger partial charge in [0.2, 0.25) is 0 Å². The number of amides is 1. The van der Waals surface area contributed by atoms with Crippen LogP contribution in [0.1, 0.15) is 28.4 Å². The van der Waals surface area contributed by atoms with Crippen LogP contribution in [-0.2, 0) is 13.0 Å². The van der Waals surface area contributed by atoms with Gasteiger partial charge < -0.3 is 20.3 Å². The molecule has 3 N–H and O–H groups in total. The number of benzene rings is 1. The number of nitrogens with zero attached hydrogens (tertiary/aromatic N) is 3. The first-order valence-corrected chi connectivity index (χ1v) is 11.1. The van der Waals surface area contributed by atoms with Crippen LogP contribution >= 0.6 is 0 Å². The molecule has 3 aromatic rings. The number of aliphatic hydroxyl groups excluding tert-OH is 1. The van der Waals surface area contributed by atoms with Crippen LogP contribution in [0.4, 0.5) is 10.1 Å². The Labute approximate surface area is 191 Å². The standard InChI is InChI=1S/C24H28FN5O3/c1-2-17-12-21-22(28-23(17)32)11-16(14-27-21)15-29-6-8-30(9-7-29)18-3-4-19(20(25)13-18)24(33)26-5-10-31/h3-4,11-14,31H,2,5-10,15H2,1H3,(H,26,33)(H,28,32). The number of aliphatic hydroxyl groups is 1. The van der Waals surface area contributed by atoms with E-state index in [0.29, 0.717) is 13.0 Å². The summed E-state index contributed by atoms with van der Waals surface area (Å²) < 4.78 is 14.5. The smallest absolute Gasteiger partial charge is 0.254 e. The Bertz CT molecular complexity index is 1200. The fourth-order valence-corrected chi connectivity index (χ4v) is 4.09. The summed E-state index contributed by atoms with van der Waals surface area (Å²) in [5, 5.41) is 11.3. The maximum atomic E-state index is 14.5. The number of rotatable bonds is 7. The van der Waals surface area contributed by atoms with Gasteiger partial charge >= 0.3 is 0 Å². The monoisotopic (exact) mass is 453 g/mol. The van der Waals surface area contributed by atoms with Crippen molar-refractivity contribution >= 4 is 22.6 Å². The van der Waals surface area contributed by atoms with Gasteiger partial charge in [0.1, 0.15) is 5.82 Å². The summed E-state index contributed by atoms with van der Waals surface area (Å²) in [4.78, 5) is 35.9. The van der Waals surface area contributed by atoms with E-state index in [1.54, 1.807) is 6.07 Å². The van der Waals surface area contributed by atoms with Crippen molar-refractivity contribution in [1.29, 1.82) is 0 Å². The molecule has 0 radical (unpaired) electrons. The number of H-pyrrole nitrogens is 1. The molecular weight excluding hydrogens is 425 g/mol. The van der Waals surface area contributed by atoms with Crippen molar-refractivity contribution in [1.82, 2.24) is 20.2 Å². The number of carbonyl (C=O) groups is 1. The number of piperazine rings is 1. The maximum Gasteiger partial charge on any atom is 0.254 e. The average molecular weight is 454 g/mol. The number of aromatic amines is 1. The van der Waals surface area contributed by atoms with Gasteiger partial charge in [-0.05, 0) is 42.3 Å². The summed E-state index contributed by atoms with van der Waals surface area (Å²) in [6.45, 7) is 5.61. The summed E-state index contributed by atoms with van der Waals surface area (Å²) in [6.07, 6.45) is 2.52. The van der Waals surface area contributed by atoms with Crippen LogP contribution in [0.15, 0.2) is 41.3 Å². The maximum absolute atomic E-state index is 14.5. The Balaban J connectivity index is 1.37. The molecule has 3 heterocycles. The molecule has 0 atom stereocenters. The molecule has 1 aliphatic rings. The number of halogens is 1. The molecule has 0 unspecified atom stereocenters. The predicted octanol–water partition coefficient (Wildman–Crippen LogP) is 1.67. The molecular formula is C24H28FN5O3. The number of hydrogen-bond acceptors (Lipinski definition) is 6. The summed E-state index contributed by atoms with van der Waals surface area (Å²) in [5.41, 5.74) is 3.93. The van der Waals surface area contributed by atoms with E-state index in [0.717, 1.165) is 54.0 Å². The van der Waals surface area contributed by atoms with Crippen molar-refractivity contribution in [3.05, 3.63) is 69.4 Å². The van der Waals surface area contributed by atoms with Gasteiger partial charge in [-0.15, -0.1) is 0 Å².